The summed E-state index contributed by atoms with van der Waals surface area (Å²) < 4.78 is 13.1. The molecule has 0 aliphatic carbocycles. The first-order chi connectivity index (χ1) is 14.8. The highest BCUT2D eigenvalue weighted by atomic mass is 32.2. The van der Waals surface area contributed by atoms with Crippen LogP contribution in [0.5, 0.6) is 0 Å². The molecule has 0 aromatic heterocycles. The van der Waals surface area contributed by atoms with Crippen LogP contribution in [0.4, 0.5) is 4.39 Å². The molecule has 6 heteroatoms. The summed E-state index contributed by atoms with van der Waals surface area (Å²) in [5.41, 5.74) is 3.11. The minimum absolute atomic E-state index is 0.0609. The quantitative estimate of drug-likeness (QED) is 0.525. The van der Waals surface area contributed by atoms with Crippen molar-refractivity contribution in [3.8, 4) is 0 Å². The molecule has 0 bridgehead atoms. The van der Waals surface area contributed by atoms with Crippen LogP contribution >= 0.6 is 11.8 Å². The molecule has 0 spiro atoms. The smallest absolute Gasteiger partial charge is 0.243 e. The Morgan fingerprint density at radius 2 is 1.61 bits per heavy atom. The molecule has 0 saturated carbocycles. The van der Waals surface area contributed by atoms with E-state index in [1.165, 1.54) is 23.9 Å². The minimum Gasteiger partial charge on any atom is -0.352 e. The van der Waals surface area contributed by atoms with Crippen molar-refractivity contribution < 1.29 is 14.0 Å². The zero-order chi connectivity index (χ0) is 22.8. The van der Waals surface area contributed by atoms with E-state index in [1.54, 1.807) is 17.0 Å². The Balaban J connectivity index is 2.12. The normalized spacial score (nSPS) is 12.8. The molecule has 0 saturated heterocycles. The van der Waals surface area contributed by atoms with Gasteiger partial charge in [0.05, 0.1) is 5.75 Å². The summed E-state index contributed by atoms with van der Waals surface area (Å²) in [5, 5.41) is 3.02. The number of nitrogens with zero attached hydrogens (tertiary/aromatic N) is 1. The average Bonchev–Trinajstić information content (AvgIpc) is 2.76. The number of nitrogens with one attached hydrogen (secondary N) is 1. The average molecular weight is 445 g/mol. The molecular weight excluding hydrogens is 411 g/mol. The molecule has 2 rings (SSSR count). The summed E-state index contributed by atoms with van der Waals surface area (Å²) in [6, 6.07) is 13.9. The van der Waals surface area contributed by atoms with E-state index in [9.17, 15) is 14.0 Å². The van der Waals surface area contributed by atoms with Gasteiger partial charge in [-0.1, -0.05) is 55.8 Å². The lowest BCUT2D eigenvalue weighted by molar-refractivity contribution is -0.139. The van der Waals surface area contributed by atoms with Crippen LogP contribution in [0.3, 0.4) is 0 Å². The number of thioether (sulfide) groups is 1. The van der Waals surface area contributed by atoms with E-state index < -0.39 is 6.04 Å². The minimum atomic E-state index is -0.519. The highest BCUT2D eigenvalue weighted by Gasteiger charge is 2.29. The van der Waals surface area contributed by atoms with Gasteiger partial charge < -0.3 is 10.2 Å². The maximum Gasteiger partial charge on any atom is 0.243 e. The van der Waals surface area contributed by atoms with Crippen LogP contribution in [0, 0.1) is 12.7 Å². The monoisotopic (exact) mass is 444 g/mol. The topological polar surface area (TPSA) is 49.4 Å². The molecule has 2 aromatic rings. The highest BCUT2D eigenvalue weighted by molar-refractivity contribution is 7.99. The van der Waals surface area contributed by atoms with E-state index in [1.807, 2.05) is 52.0 Å². The zero-order valence-corrected chi connectivity index (χ0v) is 19.7. The van der Waals surface area contributed by atoms with Crippen LogP contribution in [-0.2, 0) is 21.9 Å². The van der Waals surface area contributed by atoms with E-state index in [4.69, 9.17) is 0 Å². The number of hydrogen-bond acceptors (Lipinski definition) is 3. The third kappa shape index (κ3) is 8.02. The van der Waals surface area contributed by atoms with Crippen molar-refractivity contribution in [1.29, 1.82) is 0 Å². The predicted octanol–water partition coefficient (Wildman–Crippen LogP) is 5.09. The van der Waals surface area contributed by atoms with Crippen molar-refractivity contribution in [3.05, 3.63) is 71.0 Å². The largest absolute Gasteiger partial charge is 0.352 e. The van der Waals surface area contributed by atoms with Crippen molar-refractivity contribution in [3.63, 3.8) is 0 Å². The molecule has 1 N–H and O–H groups in total. The number of hydrogen-bond donors (Lipinski definition) is 1. The summed E-state index contributed by atoms with van der Waals surface area (Å²) in [7, 11) is 0. The maximum absolute atomic E-state index is 13.2. The van der Waals surface area contributed by atoms with Gasteiger partial charge in [0, 0.05) is 18.3 Å². The standard InChI is InChI=1S/C25H33FN2O2S/c1-5-19(4)27-25(30)23(6-2)28(15-20-9-7-18(3)8-10-20)24(29)17-31-16-21-11-13-22(26)14-12-21/h7-14,19,23H,5-6,15-17H2,1-4H3,(H,27,30). The Hall–Kier alpha value is -2.34. The lowest BCUT2D eigenvalue weighted by Gasteiger charge is -2.31. The Morgan fingerprint density at radius 1 is 1.00 bits per heavy atom. The molecule has 0 aliphatic rings. The Morgan fingerprint density at radius 3 is 2.19 bits per heavy atom. The fourth-order valence-electron chi connectivity index (χ4n) is 3.17. The first-order valence-electron chi connectivity index (χ1n) is 10.8. The van der Waals surface area contributed by atoms with Crippen LogP contribution in [0.25, 0.3) is 0 Å². The number of benzene rings is 2. The molecule has 0 heterocycles. The van der Waals surface area contributed by atoms with E-state index >= 15 is 0 Å². The molecule has 0 aliphatic heterocycles. The molecular formula is C25H33FN2O2S. The van der Waals surface area contributed by atoms with Gasteiger partial charge in [-0.25, -0.2) is 4.39 Å². The van der Waals surface area contributed by atoms with Gasteiger partial charge in [0.25, 0.3) is 0 Å². The second-order valence-electron chi connectivity index (χ2n) is 7.87. The van der Waals surface area contributed by atoms with Crippen molar-refractivity contribution >= 4 is 23.6 Å². The molecule has 2 amide bonds. The second kappa shape index (κ2) is 12.5. The number of aryl methyl sites for hydroxylation is 1. The third-order valence-corrected chi connectivity index (χ3v) is 6.26. The predicted molar refractivity (Wildman–Crippen MR) is 126 cm³/mol. The summed E-state index contributed by atoms with van der Waals surface area (Å²) in [6.45, 7) is 8.33. The lowest BCUT2D eigenvalue weighted by atomic mass is 10.1. The van der Waals surface area contributed by atoms with Gasteiger partial charge in [-0.05, 0) is 49.9 Å². The SMILES string of the molecule is CCC(C)NC(=O)C(CC)N(Cc1ccc(C)cc1)C(=O)CSCc1ccc(F)cc1. The van der Waals surface area contributed by atoms with Crippen LogP contribution < -0.4 is 5.32 Å². The molecule has 0 radical (unpaired) electrons. The van der Waals surface area contributed by atoms with E-state index in [-0.39, 0.29) is 29.4 Å². The number of halogens is 1. The van der Waals surface area contributed by atoms with Gasteiger partial charge in [-0.15, -0.1) is 11.8 Å². The number of carbonyl (C=O) groups excluding carboxylic acids is 2. The van der Waals surface area contributed by atoms with Crippen molar-refractivity contribution in [2.24, 2.45) is 0 Å². The molecule has 2 atom stereocenters. The van der Waals surface area contributed by atoms with Crippen molar-refractivity contribution in [2.75, 3.05) is 5.75 Å². The van der Waals surface area contributed by atoms with Crippen LogP contribution in [0.15, 0.2) is 48.5 Å². The Labute approximate surface area is 189 Å². The molecule has 31 heavy (non-hydrogen) atoms. The number of amides is 2. The first kappa shape index (κ1) is 24.9. The highest BCUT2D eigenvalue weighted by Crippen LogP contribution is 2.18. The van der Waals surface area contributed by atoms with E-state index in [0.717, 1.165) is 23.1 Å². The van der Waals surface area contributed by atoms with Gasteiger partial charge in [0.2, 0.25) is 11.8 Å². The van der Waals surface area contributed by atoms with Gasteiger partial charge in [-0.3, -0.25) is 9.59 Å². The van der Waals surface area contributed by atoms with Crippen molar-refractivity contribution in [2.45, 2.75) is 64.9 Å². The summed E-state index contributed by atoms with van der Waals surface area (Å²) in [6.07, 6.45) is 1.38. The zero-order valence-electron chi connectivity index (χ0n) is 18.9. The molecule has 0 fully saturated rings. The Kier molecular flexibility index (Phi) is 10.0. The van der Waals surface area contributed by atoms with E-state index in [0.29, 0.717) is 18.7 Å². The maximum atomic E-state index is 13.2. The van der Waals surface area contributed by atoms with Crippen molar-refractivity contribution in [1.82, 2.24) is 10.2 Å². The second-order valence-corrected chi connectivity index (χ2v) is 8.85. The summed E-state index contributed by atoms with van der Waals surface area (Å²) >= 11 is 1.47. The third-order valence-electron chi connectivity index (χ3n) is 5.27. The first-order valence-corrected chi connectivity index (χ1v) is 12.0. The molecule has 2 aromatic carbocycles. The molecule has 168 valence electrons. The van der Waals surface area contributed by atoms with Gasteiger partial charge in [0.15, 0.2) is 0 Å². The Bertz CT molecular complexity index is 840. The van der Waals surface area contributed by atoms with Gasteiger partial charge in [0.1, 0.15) is 11.9 Å². The molecule has 4 nitrogen and oxygen atoms in total. The van der Waals surface area contributed by atoms with Crippen LogP contribution in [0.2, 0.25) is 0 Å². The van der Waals surface area contributed by atoms with Gasteiger partial charge >= 0.3 is 0 Å². The summed E-state index contributed by atoms with van der Waals surface area (Å²) in [5.74, 6) is 0.420. The van der Waals surface area contributed by atoms with E-state index in [2.05, 4.69) is 5.32 Å². The lowest BCUT2D eigenvalue weighted by Crippen LogP contribution is -2.51. The fraction of sp³-hybridized carbons (Fsp3) is 0.440. The summed E-state index contributed by atoms with van der Waals surface area (Å²) in [4.78, 5) is 27.8. The van der Waals surface area contributed by atoms with Gasteiger partial charge in [-0.2, -0.15) is 0 Å². The van der Waals surface area contributed by atoms with Crippen LogP contribution in [0.1, 0.15) is 50.3 Å². The molecule has 2 unspecified atom stereocenters. The fourth-order valence-corrected chi connectivity index (χ4v) is 4.04. The van der Waals surface area contributed by atoms with Crippen LogP contribution in [-0.4, -0.2) is 34.6 Å². The number of carbonyl (C=O) groups is 2. The number of rotatable bonds is 11.